The van der Waals surface area contributed by atoms with Gasteiger partial charge in [-0.25, -0.2) is 0 Å². The SMILES string of the molecule is CN(Cc1ccc(C(F)(F)F)cc1)C(=O)CC1CCCN1. The Kier molecular flexibility index (Phi) is 4.88. The van der Waals surface area contributed by atoms with Crippen LogP contribution in [0.25, 0.3) is 0 Å². The lowest BCUT2D eigenvalue weighted by atomic mass is 10.1. The highest BCUT2D eigenvalue weighted by atomic mass is 19.4. The molecule has 116 valence electrons. The lowest BCUT2D eigenvalue weighted by Gasteiger charge is -2.20. The van der Waals surface area contributed by atoms with Crippen LogP contribution >= 0.6 is 0 Å². The monoisotopic (exact) mass is 300 g/mol. The fourth-order valence-electron chi connectivity index (χ4n) is 2.46. The molecule has 1 amide bonds. The van der Waals surface area contributed by atoms with E-state index in [2.05, 4.69) is 5.32 Å². The van der Waals surface area contributed by atoms with Gasteiger partial charge in [-0.1, -0.05) is 12.1 Å². The minimum Gasteiger partial charge on any atom is -0.341 e. The number of rotatable bonds is 4. The summed E-state index contributed by atoms with van der Waals surface area (Å²) in [7, 11) is 1.68. The predicted octanol–water partition coefficient (Wildman–Crippen LogP) is 2.81. The molecule has 21 heavy (non-hydrogen) atoms. The van der Waals surface area contributed by atoms with Crippen molar-refractivity contribution in [2.45, 2.75) is 38.0 Å². The summed E-state index contributed by atoms with van der Waals surface area (Å²) in [5, 5.41) is 3.26. The summed E-state index contributed by atoms with van der Waals surface area (Å²) in [4.78, 5) is 13.6. The summed E-state index contributed by atoms with van der Waals surface area (Å²) < 4.78 is 37.4. The Bertz CT molecular complexity index is 479. The molecule has 0 spiro atoms. The van der Waals surface area contributed by atoms with Crippen LogP contribution in [0, 0.1) is 0 Å². The zero-order valence-electron chi connectivity index (χ0n) is 11.9. The van der Waals surface area contributed by atoms with Gasteiger partial charge in [0, 0.05) is 26.1 Å². The Balaban J connectivity index is 1.89. The molecule has 6 heteroatoms. The van der Waals surface area contributed by atoms with Gasteiger partial charge in [0.25, 0.3) is 0 Å². The molecule has 1 atom stereocenters. The first kappa shape index (κ1) is 15.8. The van der Waals surface area contributed by atoms with E-state index in [1.54, 1.807) is 11.9 Å². The third-order valence-electron chi connectivity index (χ3n) is 3.71. The van der Waals surface area contributed by atoms with Crippen molar-refractivity contribution in [1.82, 2.24) is 10.2 Å². The number of halogens is 3. The van der Waals surface area contributed by atoms with Crippen LogP contribution in [0.2, 0.25) is 0 Å². The highest BCUT2D eigenvalue weighted by Crippen LogP contribution is 2.29. The number of benzene rings is 1. The maximum absolute atomic E-state index is 12.5. The number of carbonyl (C=O) groups excluding carboxylic acids is 1. The smallest absolute Gasteiger partial charge is 0.341 e. The van der Waals surface area contributed by atoms with Crippen molar-refractivity contribution in [3.63, 3.8) is 0 Å². The molecule has 3 nitrogen and oxygen atoms in total. The molecular weight excluding hydrogens is 281 g/mol. The number of hydrogen-bond donors (Lipinski definition) is 1. The standard InChI is InChI=1S/C15H19F3N2O/c1-20(14(21)9-13-3-2-8-19-13)10-11-4-6-12(7-5-11)15(16,17)18/h4-7,13,19H,2-3,8-10H2,1H3. The van der Waals surface area contributed by atoms with Crippen molar-refractivity contribution in [3.8, 4) is 0 Å². The van der Waals surface area contributed by atoms with Crippen molar-refractivity contribution in [1.29, 1.82) is 0 Å². The molecule has 0 radical (unpaired) electrons. The van der Waals surface area contributed by atoms with E-state index in [9.17, 15) is 18.0 Å². The van der Waals surface area contributed by atoms with Crippen LogP contribution < -0.4 is 5.32 Å². The van der Waals surface area contributed by atoms with E-state index >= 15 is 0 Å². The number of nitrogens with one attached hydrogen (secondary N) is 1. The Morgan fingerprint density at radius 1 is 1.33 bits per heavy atom. The van der Waals surface area contributed by atoms with Crippen molar-refractivity contribution >= 4 is 5.91 Å². The predicted molar refractivity (Wildman–Crippen MR) is 73.6 cm³/mol. The molecule has 0 saturated carbocycles. The summed E-state index contributed by atoms with van der Waals surface area (Å²) in [6, 6.07) is 5.16. The van der Waals surface area contributed by atoms with Gasteiger partial charge in [0.15, 0.2) is 0 Å². The summed E-state index contributed by atoms with van der Waals surface area (Å²) in [5.41, 5.74) is 0.0219. The molecule has 1 aromatic rings. The van der Waals surface area contributed by atoms with Crippen LogP contribution in [0.15, 0.2) is 24.3 Å². The van der Waals surface area contributed by atoms with Gasteiger partial charge in [-0.3, -0.25) is 4.79 Å². The van der Waals surface area contributed by atoms with Crippen molar-refractivity contribution in [2.75, 3.05) is 13.6 Å². The fraction of sp³-hybridized carbons (Fsp3) is 0.533. The van der Waals surface area contributed by atoms with Crippen LogP contribution in [-0.2, 0) is 17.5 Å². The minimum atomic E-state index is -4.33. The highest BCUT2D eigenvalue weighted by molar-refractivity contribution is 5.76. The maximum Gasteiger partial charge on any atom is 0.416 e. The van der Waals surface area contributed by atoms with E-state index in [0.717, 1.165) is 31.5 Å². The first-order valence-electron chi connectivity index (χ1n) is 7.00. The van der Waals surface area contributed by atoms with Gasteiger partial charge in [0.05, 0.1) is 5.56 Å². The summed E-state index contributed by atoms with van der Waals surface area (Å²) >= 11 is 0. The topological polar surface area (TPSA) is 32.3 Å². The van der Waals surface area contributed by atoms with Gasteiger partial charge in [0.2, 0.25) is 5.91 Å². The van der Waals surface area contributed by atoms with Crippen molar-refractivity contribution < 1.29 is 18.0 Å². The van der Waals surface area contributed by atoms with Crippen LogP contribution in [0.5, 0.6) is 0 Å². The number of nitrogens with zero attached hydrogens (tertiary/aromatic N) is 1. The zero-order valence-corrected chi connectivity index (χ0v) is 11.9. The lowest BCUT2D eigenvalue weighted by Crippen LogP contribution is -2.33. The quantitative estimate of drug-likeness (QED) is 0.927. The number of carbonyl (C=O) groups is 1. The number of amides is 1. The molecule has 2 rings (SSSR count). The second-order valence-electron chi connectivity index (χ2n) is 5.44. The van der Waals surface area contributed by atoms with Gasteiger partial charge in [-0.15, -0.1) is 0 Å². The van der Waals surface area contributed by atoms with E-state index in [-0.39, 0.29) is 11.9 Å². The Morgan fingerprint density at radius 3 is 2.52 bits per heavy atom. The summed E-state index contributed by atoms with van der Waals surface area (Å²) in [6.45, 7) is 1.27. The van der Waals surface area contributed by atoms with Gasteiger partial charge >= 0.3 is 6.18 Å². The molecule has 1 fully saturated rings. The molecule has 1 aromatic carbocycles. The molecule has 0 bridgehead atoms. The first-order valence-corrected chi connectivity index (χ1v) is 7.00. The summed E-state index contributed by atoms with van der Waals surface area (Å²) in [6.07, 6.45) is -1.80. The lowest BCUT2D eigenvalue weighted by molar-refractivity contribution is -0.137. The normalized spacial score (nSPS) is 18.8. The molecule has 0 aliphatic carbocycles. The third-order valence-corrected chi connectivity index (χ3v) is 3.71. The molecular formula is C15H19F3N2O. The fourth-order valence-corrected chi connectivity index (χ4v) is 2.46. The van der Waals surface area contributed by atoms with E-state index in [0.29, 0.717) is 18.5 Å². The number of alkyl halides is 3. The molecule has 1 heterocycles. The Labute approximate surface area is 122 Å². The van der Waals surface area contributed by atoms with E-state index < -0.39 is 11.7 Å². The third kappa shape index (κ3) is 4.46. The van der Waals surface area contributed by atoms with Gasteiger partial charge in [-0.05, 0) is 37.1 Å². The number of hydrogen-bond acceptors (Lipinski definition) is 2. The van der Waals surface area contributed by atoms with Crippen LogP contribution in [0.1, 0.15) is 30.4 Å². The molecule has 1 N–H and O–H groups in total. The second kappa shape index (κ2) is 6.47. The highest BCUT2D eigenvalue weighted by Gasteiger charge is 2.30. The van der Waals surface area contributed by atoms with Gasteiger partial charge in [-0.2, -0.15) is 13.2 Å². The van der Waals surface area contributed by atoms with Gasteiger partial charge in [0.1, 0.15) is 0 Å². The largest absolute Gasteiger partial charge is 0.416 e. The zero-order chi connectivity index (χ0) is 15.5. The average Bonchev–Trinajstić information content (AvgIpc) is 2.91. The Hall–Kier alpha value is -1.56. The summed E-state index contributed by atoms with van der Waals surface area (Å²) in [5.74, 6) is 0.00861. The Morgan fingerprint density at radius 2 is 2.00 bits per heavy atom. The molecule has 1 aliphatic heterocycles. The molecule has 1 unspecified atom stereocenters. The van der Waals surface area contributed by atoms with Crippen molar-refractivity contribution in [3.05, 3.63) is 35.4 Å². The molecule has 1 aliphatic rings. The average molecular weight is 300 g/mol. The van der Waals surface area contributed by atoms with E-state index in [1.165, 1.54) is 12.1 Å². The first-order chi connectivity index (χ1) is 9.86. The molecule has 1 saturated heterocycles. The van der Waals surface area contributed by atoms with E-state index in [4.69, 9.17) is 0 Å². The second-order valence-corrected chi connectivity index (χ2v) is 5.44. The van der Waals surface area contributed by atoms with Crippen molar-refractivity contribution in [2.24, 2.45) is 0 Å². The molecule has 0 aromatic heterocycles. The van der Waals surface area contributed by atoms with E-state index in [1.807, 2.05) is 0 Å². The van der Waals surface area contributed by atoms with Crippen LogP contribution in [0.3, 0.4) is 0 Å². The maximum atomic E-state index is 12.5. The minimum absolute atomic E-state index is 0.00861. The van der Waals surface area contributed by atoms with Crippen LogP contribution in [-0.4, -0.2) is 30.4 Å². The van der Waals surface area contributed by atoms with Crippen LogP contribution in [0.4, 0.5) is 13.2 Å². The van der Waals surface area contributed by atoms with Gasteiger partial charge < -0.3 is 10.2 Å².